The zero-order chi connectivity index (χ0) is 29.8. The minimum absolute atomic E-state index is 0. The Hall–Kier alpha value is -1.07. The number of hydrogen-bond donors (Lipinski definition) is 2. The molecule has 0 amide bonds. The van der Waals surface area contributed by atoms with Crippen LogP contribution in [0, 0.1) is 0 Å². The van der Waals surface area contributed by atoms with Crippen molar-refractivity contribution in [2.45, 2.75) is 194 Å². The van der Waals surface area contributed by atoms with Crippen molar-refractivity contribution in [3.8, 4) is 0 Å². The van der Waals surface area contributed by atoms with Crippen molar-refractivity contribution in [1.29, 1.82) is 0 Å². The molecule has 245 valence electrons. The van der Waals surface area contributed by atoms with Crippen LogP contribution in [0.15, 0.2) is 24.3 Å². The van der Waals surface area contributed by atoms with Gasteiger partial charge in [0.25, 0.3) is 0 Å². The van der Waals surface area contributed by atoms with Gasteiger partial charge in [-0.25, -0.2) is 0 Å². The molecule has 0 bridgehead atoms. The minimum Gasteiger partial charge on any atom is -0.481 e. The van der Waals surface area contributed by atoms with Crippen molar-refractivity contribution < 1.29 is 36.6 Å². The van der Waals surface area contributed by atoms with E-state index in [4.69, 9.17) is 10.2 Å². The molecule has 0 aromatic rings. The van der Waals surface area contributed by atoms with Crippen LogP contribution in [-0.2, 0) is 26.4 Å². The van der Waals surface area contributed by atoms with E-state index in [0.717, 1.165) is 25.7 Å². The van der Waals surface area contributed by atoms with Crippen molar-refractivity contribution in [2.24, 2.45) is 0 Å². The molecule has 0 fully saturated rings. The predicted octanol–water partition coefficient (Wildman–Crippen LogP) is 12.2. The fourth-order valence-corrected chi connectivity index (χ4v) is 4.69. The van der Waals surface area contributed by atoms with E-state index in [1.54, 1.807) is 0 Å². The molecule has 4 nitrogen and oxygen atoms in total. The molecule has 5 heteroatoms. The quantitative estimate of drug-likeness (QED) is 0.0616. The van der Waals surface area contributed by atoms with Crippen LogP contribution >= 0.6 is 0 Å². The molecule has 0 spiro atoms. The largest absolute Gasteiger partial charge is 0.481 e. The molecule has 2 N–H and O–H groups in total. The van der Waals surface area contributed by atoms with Gasteiger partial charge >= 0.3 is 11.9 Å². The number of unbranched alkanes of at least 4 members (excludes halogenated alkanes) is 22. The molecule has 0 aliphatic heterocycles. The minimum atomic E-state index is -0.661. The smallest absolute Gasteiger partial charge is 0.303 e. The van der Waals surface area contributed by atoms with Gasteiger partial charge in [-0.15, -0.1) is 0 Å². The molecule has 0 saturated carbocycles. The maximum atomic E-state index is 10.3. The van der Waals surface area contributed by atoms with Gasteiger partial charge in [0.15, 0.2) is 0 Å². The second kappa shape index (κ2) is 41.1. The van der Waals surface area contributed by atoms with Crippen LogP contribution in [0.25, 0.3) is 0 Å². The monoisotopic (exact) mass is 623 g/mol. The SMILES string of the molecule is CCCCCC/C=C\CCCCCCCCCC(=O)O.CCCCCC/C=C\CCCCCCCCCC(=O)O.[Co]. The summed E-state index contributed by atoms with van der Waals surface area (Å²) in [6.45, 7) is 4.50. The average molecular weight is 624 g/mol. The normalized spacial score (nSPS) is 11.0. The van der Waals surface area contributed by atoms with Crippen LogP contribution in [0.5, 0.6) is 0 Å². The average Bonchev–Trinajstić information content (AvgIpc) is 2.93. The van der Waals surface area contributed by atoms with Crippen LogP contribution < -0.4 is 0 Å². The van der Waals surface area contributed by atoms with Crippen LogP contribution in [0.1, 0.15) is 194 Å². The molecular weight excluding hydrogens is 555 g/mol. The van der Waals surface area contributed by atoms with E-state index in [1.165, 1.54) is 141 Å². The molecule has 0 saturated heterocycles. The first-order valence-corrected chi connectivity index (χ1v) is 17.3. The van der Waals surface area contributed by atoms with Crippen molar-refractivity contribution in [3.05, 3.63) is 24.3 Å². The van der Waals surface area contributed by atoms with Crippen LogP contribution in [0.3, 0.4) is 0 Å². The summed E-state index contributed by atoms with van der Waals surface area (Å²) in [4.78, 5) is 20.7. The van der Waals surface area contributed by atoms with E-state index >= 15 is 0 Å². The van der Waals surface area contributed by atoms with Gasteiger partial charge in [0.05, 0.1) is 0 Å². The fraction of sp³-hybridized carbons (Fsp3) is 0.833. The second-order valence-electron chi connectivity index (χ2n) is 11.5. The third kappa shape index (κ3) is 49.0. The summed E-state index contributed by atoms with van der Waals surface area (Å²) in [5.41, 5.74) is 0. The number of rotatable bonds is 30. The Morgan fingerprint density at radius 2 is 0.610 bits per heavy atom. The Bertz CT molecular complexity index is 524. The summed E-state index contributed by atoms with van der Waals surface area (Å²) in [6.07, 6.45) is 42.5. The molecule has 0 rings (SSSR count). The third-order valence-corrected chi connectivity index (χ3v) is 7.30. The summed E-state index contributed by atoms with van der Waals surface area (Å²) in [6, 6.07) is 0. The Kier molecular flexibility index (Phi) is 44.4. The number of allylic oxidation sites excluding steroid dienone is 4. The maximum Gasteiger partial charge on any atom is 0.303 e. The molecule has 0 heterocycles. The van der Waals surface area contributed by atoms with E-state index in [2.05, 4.69) is 38.2 Å². The first-order valence-electron chi connectivity index (χ1n) is 17.3. The maximum absolute atomic E-state index is 10.3. The first-order chi connectivity index (χ1) is 19.5. The molecule has 41 heavy (non-hydrogen) atoms. The zero-order valence-corrected chi connectivity index (χ0v) is 28.2. The predicted molar refractivity (Wildman–Crippen MR) is 174 cm³/mol. The van der Waals surface area contributed by atoms with Crippen LogP contribution in [-0.4, -0.2) is 22.2 Å². The van der Waals surface area contributed by atoms with Crippen molar-refractivity contribution in [3.63, 3.8) is 0 Å². The van der Waals surface area contributed by atoms with Crippen LogP contribution in [0.4, 0.5) is 0 Å². The first kappa shape index (κ1) is 44.4. The summed E-state index contributed by atoms with van der Waals surface area (Å²) in [5.74, 6) is -1.32. The Balaban J connectivity index is -0.000000688. The number of carboxylic acids is 2. The van der Waals surface area contributed by atoms with Crippen LogP contribution in [0.2, 0.25) is 0 Å². The Labute approximate surface area is 265 Å². The number of hydrogen-bond acceptors (Lipinski definition) is 2. The van der Waals surface area contributed by atoms with Gasteiger partial charge in [0.1, 0.15) is 0 Å². The van der Waals surface area contributed by atoms with E-state index in [1.807, 2.05) is 0 Å². The molecule has 1 radical (unpaired) electrons. The van der Waals surface area contributed by atoms with Gasteiger partial charge in [-0.1, -0.05) is 141 Å². The summed E-state index contributed by atoms with van der Waals surface area (Å²) in [7, 11) is 0. The van der Waals surface area contributed by atoms with E-state index in [9.17, 15) is 9.59 Å². The third-order valence-electron chi connectivity index (χ3n) is 7.30. The molecular formula is C36H68CoO4. The molecule has 0 aliphatic carbocycles. The number of aliphatic carboxylic acids is 2. The van der Waals surface area contributed by atoms with Crippen molar-refractivity contribution >= 4 is 11.9 Å². The molecule has 0 aromatic heterocycles. The Morgan fingerprint density at radius 1 is 0.390 bits per heavy atom. The van der Waals surface area contributed by atoms with Gasteiger partial charge in [0, 0.05) is 29.6 Å². The molecule has 0 atom stereocenters. The number of carbonyl (C=O) groups is 2. The molecule has 0 aliphatic rings. The molecule has 0 aromatic carbocycles. The van der Waals surface area contributed by atoms with Crippen molar-refractivity contribution in [2.75, 3.05) is 0 Å². The topological polar surface area (TPSA) is 74.6 Å². The van der Waals surface area contributed by atoms with E-state index in [-0.39, 0.29) is 16.8 Å². The van der Waals surface area contributed by atoms with Gasteiger partial charge in [-0.05, 0) is 64.2 Å². The summed E-state index contributed by atoms with van der Waals surface area (Å²) in [5, 5.41) is 17.0. The standard InChI is InChI=1S/2C18H34O2.Co/c2*1-2-3-4-5-6-7-8-9-10-11-12-13-14-15-16-17-18(19)20;/h2*7-8H,2-6,9-17H2,1H3,(H,19,20);/b2*8-7-;. The summed E-state index contributed by atoms with van der Waals surface area (Å²) >= 11 is 0. The second-order valence-corrected chi connectivity index (χ2v) is 11.5. The Morgan fingerprint density at radius 3 is 0.854 bits per heavy atom. The van der Waals surface area contributed by atoms with Gasteiger partial charge in [-0.2, -0.15) is 0 Å². The van der Waals surface area contributed by atoms with Gasteiger partial charge < -0.3 is 10.2 Å². The zero-order valence-electron chi connectivity index (χ0n) is 27.2. The van der Waals surface area contributed by atoms with Gasteiger partial charge in [0.2, 0.25) is 0 Å². The van der Waals surface area contributed by atoms with E-state index < -0.39 is 11.9 Å². The molecule has 0 unspecified atom stereocenters. The van der Waals surface area contributed by atoms with Crippen molar-refractivity contribution in [1.82, 2.24) is 0 Å². The van der Waals surface area contributed by atoms with Gasteiger partial charge in [-0.3, -0.25) is 9.59 Å². The summed E-state index contributed by atoms with van der Waals surface area (Å²) < 4.78 is 0. The fourth-order valence-electron chi connectivity index (χ4n) is 4.69. The van der Waals surface area contributed by atoms with E-state index in [0.29, 0.717) is 12.8 Å². The number of carboxylic acid groups (broad SMARTS) is 2.